The van der Waals surface area contributed by atoms with Gasteiger partial charge in [-0.05, 0) is 23.8 Å². The van der Waals surface area contributed by atoms with Crippen molar-refractivity contribution in [2.24, 2.45) is 5.73 Å². The normalized spacial score (nSPS) is 14.8. The van der Waals surface area contributed by atoms with Gasteiger partial charge in [-0.3, -0.25) is 4.79 Å². The van der Waals surface area contributed by atoms with Crippen molar-refractivity contribution >= 4 is 5.91 Å². The molecule has 0 spiro atoms. The summed E-state index contributed by atoms with van der Waals surface area (Å²) < 4.78 is 10.4. The van der Waals surface area contributed by atoms with Crippen molar-refractivity contribution in [2.45, 2.75) is 12.5 Å². The lowest BCUT2D eigenvalue weighted by Gasteiger charge is -2.15. The van der Waals surface area contributed by atoms with Crippen LogP contribution in [0.25, 0.3) is 0 Å². The number of hydrogen-bond donors (Lipinski definition) is 2. The van der Waals surface area contributed by atoms with Gasteiger partial charge < -0.3 is 20.5 Å². The van der Waals surface area contributed by atoms with Crippen LogP contribution in [0.3, 0.4) is 0 Å². The van der Waals surface area contributed by atoms with E-state index >= 15 is 0 Å². The van der Waals surface area contributed by atoms with E-state index < -0.39 is 0 Å². The molecule has 1 aliphatic rings. The summed E-state index contributed by atoms with van der Waals surface area (Å²) in [4.78, 5) is 12.0. The second-order valence-corrected chi connectivity index (χ2v) is 4.28. The van der Waals surface area contributed by atoms with E-state index in [9.17, 15) is 4.79 Å². The van der Waals surface area contributed by atoms with E-state index in [4.69, 9.17) is 15.2 Å². The minimum Gasteiger partial charge on any atom is -0.493 e. The molecule has 2 rings (SSSR count). The standard InChI is InChI=1S/C13H18N2O3/c1-17-8-11(7-14)15-13(16)10-2-3-12-9(6-10)4-5-18-12/h2-3,6,11H,4-5,7-8,14H2,1H3,(H,15,16). The molecule has 5 nitrogen and oxygen atoms in total. The average Bonchev–Trinajstić information content (AvgIpc) is 2.85. The van der Waals surface area contributed by atoms with Crippen LogP contribution in [-0.2, 0) is 11.2 Å². The summed E-state index contributed by atoms with van der Waals surface area (Å²) in [5, 5.41) is 2.85. The zero-order valence-corrected chi connectivity index (χ0v) is 10.4. The molecule has 98 valence electrons. The second kappa shape index (κ2) is 5.84. The number of nitrogens with one attached hydrogen (secondary N) is 1. The number of benzene rings is 1. The third kappa shape index (κ3) is 2.80. The Bertz CT molecular complexity index is 434. The largest absolute Gasteiger partial charge is 0.493 e. The molecule has 0 saturated carbocycles. The van der Waals surface area contributed by atoms with Crippen molar-refractivity contribution in [3.63, 3.8) is 0 Å². The van der Waals surface area contributed by atoms with Crippen molar-refractivity contribution in [3.05, 3.63) is 29.3 Å². The summed E-state index contributed by atoms with van der Waals surface area (Å²) >= 11 is 0. The van der Waals surface area contributed by atoms with Gasteiger partial charge in [0.25, 0.3) is 5.91 Å². The molecule has 3 N–H and O–H groups in total. The van der Waals surface area contributed by atoms with Crippen LogP contribution in [0.15, 0.2) is 18.2 Å². The lowest BCUT2D eigenvalue weighted by Crippen LogP contribution is -2.43. The number of fused-ring (bicyclic) bond motifs is 1. The van der Waals surface area contributed by atoms with Crippen LogP contribution in [0.1, 0.15) is 15.9 Å². The van der Waals surface area contributed by atoms with Crippen molar-refractivity contribution in [2.75, 3.05) is 26.9 Å². The molecule has 5 heteroatoms. The molecule has 18 heavy (non-hydrogen) atoms. The lowest BCUT2D eigenvalue weighted by molar-refractivity contribution is 0.0900. The molecule has 0 fully saturated rings. The van der Waals surface area contributed by atoms with Gasteiger partial charge in [0.2, 0.25) is 0 Å². The quantitative estimate of drug-likeness (QED) is 0.789. The number of carbonyl (C=O) groups excluding carboxylic acids is 1. The molecule has 1 aromatic rings. The number of methoxy groups -OCH3 is 1. The zero-order chi connectivity index (χ0) is 13.0. The Balaban J connectivity index is 2.04. The minimum absolute atomic E-state index is 0.128. The number of amides is 1. The van der Waals surface area contributed by atoms with Crippen molar-refractivity contribution in [1.29, 1.82) is 0 Å². The van der Waals surface area contributed by atoms with Gasteiger partial charge in [-0.25, -0.2) is 0 Å². The van der Waals surface area contributed by atoms with E-state index in [0.29, 0.717) is 25.3 Å². The predicted octanol–water partition coefficient (Wildman–Crippen LogP) is 0.325. The molecule has 0 aromatic heterocycles. The fourth-order valence-electron chi connectivity index (χ4n) is 1.97. The van der Waals surface area contributed by atoms with Crippen LogP contribution in [-0.4, -0.2) is 38.8 Å². The number of carbonyl (C=O) groups is 1. The topological polar surface area (TPSA) is 73.6 Å². The first-order chi connectivity index (χ1) is 8.74. The summed E-state index contributed by atoms with van der Waals surface area (Å²) in [7, 11) is 1.58. The summed E-state index contributed by atoms with van der Waals surface area (Å²) in [6.45, 7) is 1.46. The molecule has 1 atom stereocenters. The highest BCUT2D eigenvalue weighted by Gasteiger charge is 2.16. The summed E-state index contributed by atoms with van der Waals surface area (Å²) in [6, 6.07) is 5.31. The highest BCUT2D eigenvalue weighted by molar-refractivity contribution is 5.94. The first-order valence-electron chi connectivity index (χ1n) is 6.00. The number of nitrogens with two attached hydrogens (primary N) is 1. The highest BCUT2D eigenvalue weighted by Crippen LogP contribution is 2.25. The summed E-state index contributed by atoms with van der Waals surface area (Å²) in [6.07, 6.45) is 0.856. The zero-order valence-electron chi connectivity index (χ0n) is 10.4. The van der Waals surface area contributed by atoms with Crippen LogP contribution in [0.5, 0.6) is 5.75 Å². The van der Waals surface area contributed by atoms with E-state index in [1.165, 1.54) is 0 Å². The maximum Gasteiger partial charge on any atom is 0.251 e. The Labute approximate surface area is 106 Å². The molecule has 1 amide bonds. The first kappa shape index (κ1) is 12.9. The van der Waals surface area contributed by atoms with Crippen LogP contribution >= 0.6 is 0 Å². The Morgan fingerprint density at radius 1 is 1.61 bits per heavy atom. The summed E-state index contributed by atoms with van der Waals surface area (Å²) in [5.41, 5.74) is 7.28. The van der Waals surface area contributed by atoms with E-state index in [-0.39, 0.29) is 11.9 Å². The van der Waals surface area contributed by atoms with Crippen LogP contribution in [0.2, 0.25) is 0 Å². The van der Waals surface area contributed by atoms with Crippen molar-refractivity contribution in [3.8, 4) is 5.75 Å². The number of ether oxygens (including phenoxy) is 2. The van der Waals surface area contributed by atoms with Crippen LogP contribution in [0, 0.1) is 0 Å². The Hall–Kier alpha value is -1.59. The van der Waals surface area contributed by atoms with Crippen molar-refractivity contribution < 1.29 is 14.3 Å². The maximum atomic E-state index is 12.0. The van der Waals surface area contributed by atoms with Gasteiger partial charge in [0.05, 0.1) is 19.3 Å². The van der Waals surface area contributed by atoms with Gasteiger partial charge in [-0.15, -0.1) is 0 Å². The first-order valence-corrected chi connectivity index (χ1v) is 6.00. The van der Waals surface area contributed by atoms with Gasteiger partial charge in [-0.1, -0.05) is 0 Å². The average molecular weight is 250 g/mol. The highest BCUT2D eigenvalue weighted by atomic mass is 16.5. The van der Waals surface area contributed by atoms with Crippen LogP contribution in [0.4, 0.5) is 0 Å². The number of rotatable bonds is 5. The molecule has 1 heterocycles. The Morgan fingerprint density at radius 2 is 2.44 bits per heavy atom. The molecular formula is C13H18N2O3. The van der Waals surface area contributed by atoms with E-state index in [0.717, 1.165) is 17.7 Å². The molecule has 0 aliphatic carbocycles. The van der Waals surface area contributed by atoms with Gasteiger partial charge in [0.15, 0.2) is 0 Å². The fourth-order valence-corrected chi connectivity index (χ4v) is 1.97. The fraction of sp³-hybridized carbons (Fsp3) is 0.462. The SMILES string of the molecule is COCC(CN)NC(=O)c1ccc2c(c1)CCO2. The lowest BCUT2D eigenvalue weighted by atomic mass is 10.1. The molecule has 1 aliphatic heterocycles. The Morgan fingerprint density at radius 3 is 3.17 bits per heavy atom. The Kier molecular flexibility index (Phi) is 4.17. The van der Waals surface area contributed by atoms with E-state index in [2.05, 4.69) is 5.32 Å². The third-order valence-electron chi connectivity index (χ3n) is 2.94. The molecule has 0 saturated heterocycles. The molecule has 1 aromatic carbocycles. The van der Waals surface area contributed by atoms with Gasteiger partial charge in [0, 0.05) is 25.6 Å². The third-order valence-corrected chi connectivity index (χ3v) is 2.94. The van der Waals surface area contributed by atoms with Crippen molar-refractivity contribution in [1.82, 2.24) is 5.32 Å². The predicted molar refractivity (Wildman–Crippen MR) is 67.8 cm³/mol. The molecular weight excluding hydrogens is 232 g/mol. The smallest absolute Gasteiger partial charge is 0.251 e. The molecule has 0 bridgehead atoms. The molecule has 1 unspecified atom stereocenters. The van der Waals surface area contributed by atoms with Gasteiger partial charge in [-0.2, -0.15) is 0 Å². The van der Waals surface area contributed by atoms with Crippen LogP contribution < -0.4 is 15.8 Å². The van der Waals surface area contributed by atoms with Gasteiger partial charge >= 0.3 is 0 Å². The maximum absolute atomic E-state index is 12.0. The number of hydrogen-bond acceptors (Lipinski definition) is 4. The second-order valence-electron chi connectivity index (χ2n) is 4.28. The molecule has 0 radical (unpaired) electrons. The monoisotopic (exact) mass is 250 g/mol. The van der Waals surface area contributed by atoms with E-state index in [1.54, 1.807) is 13.2 Å². The van der Waals surface area contributed by atoms with E-state index in [1.807, 2.05) is 12.1 Å². The summed E-state index contributed by atoms with van der Waals surface area (Å²) in [5.74, 6) is 0.746. The minimum atomic E-state index is -0.160. The van der Waals surface area contributed by atoms with Gasteiger partial charge in [0.1, 0.15) is 5.75 Å².